The maximum Gasteiger partial charge on any atom is 0.244 e. The van der Waals surface area contributed by atoms with E-state index >= 15 is 0 Å². The van der Waals surface area contributed by atoms with E-state index in [4.69, 9.17) is 0 Å². The maximum absolute atomic E-state index is 13.3. The van der Waals surface area contributed by atoms with Crippen LogP contribution in [0.5, 0.6) is 0 Å². The van der Waals surface area contributed by atoms with Gasteiger partial charge in [0, 0.05) is 44.1 Å². The van der Waals surface area contributed by atoms with Gasteiger partial charge >= 0.3 is 0 Å². The standard InChI is InChI=1S/C26H26F2N4O/c1-19(30-26(33)11-9-20-8-10-23(27)24(28)17-20)21-5-4-6-22(18-21)31-13-15-32(16-14-31)25-7-2-3-12-29-25/h2-12,17-19H,13-16H2,1H3,(H,30,33)/t19-/m0/s1. The lowest BCUT2D eigenvalue weighted by Gasteiger charge is -2.37. The number of hydrogen-bond donors (Lipinski definition) is 1. The minimum Gasteiger partial charge on any atom is -0.368 e. The van der Waals surface area contributed by atoms with Gasteiger partial charge in [-0.1, -0.05) is 24.3 Å². The van der Waals surface area contributed by atoms with Crippen LogP contribution in [0.15, 0.2) is 72.9 Å². The molecule has 4 rings (SSSR count). The van der Waals surface area contributed by atoms with E-state index in [1.54, 1.807) is 0 Å². The Morgan fingerprint density at radius 1 is 0.970 bits per heavy atom. The third-order valence-electron chi connectivity index (χ3n) is 5.72. The predicted molar refractivity (Wildman–Crippen MR) is 127 cm³/mol. The number of aromatic nitrogens is 1. The number of halogens is 2. The molecule has 7 heteroatoms. The first kappa shape index (κ1) is 22.5. The van der Waals surface area contributed by atoms with Crippen LogP contribution in [-0.2, 0) is 4.79 Å². The summed E-state index contributed by atoms with van der Waals surface area (Å²) in [6.45, 7) is 5.47. The first-order chi connectivity index (χ1) is 16.0. The van der Waals surface area contributed by atoms with E-state index in [0.717, 1.165) is 55.4 Å². The van der Waals surface area contributed by atoms with Gasteiger partial charge in [-0.15, -0.1) is 0 Å². The van der Waals surface area contributed by atoms with Crippen molar-refractivity contribution in [1.82, 2.24) is 10.3 Å². The summed E-state index contributed by atoms with van der Waals surface area (Å²) in [7, 11) is 0. The van der Waals surface area contributed by atoms with E-state index in [-0.39, 0.29) is 11.9 Å². The second kappa shape index (κ2) is 10.3. The average Bonchev–Trinajstić information content (AvgIpc) is 2.85. The van der Waals surface area contributed by atoms with Gasteiger partial charge in [0.05, 0.1) is 6.04 Å². The van der Waals surface area contributed by atoms with Crippen molar-refractivity contribution in [3.63, 3.8) is 0 Å². The third kappa shape index (κ3) is 5.74. The van der Waals surface area contributed by atoms with Crippen LogP contribution in [0.2, 0.25) is 0 Å². The van der Waals surface area contributed by atoms with Gasteiger partial charge in [-0.25, -0.2) is 13.8 Å². The van der Waals surface area contributed by atoms with Crippen molar-refractivity contribution in [1.29, 1.82) is 0 Å². The van der Waals surface area contributed by atoms with Gasteiger partial charge in [0.25, 0.3) is 0 Å². The van der Waals surface area contributed by atoms with E-state index in [2.05, 4.69) is 32.2 Å². The smallest absolute Gasteiger partial charge is 0.244 e. The summed E-state index contributed by atoms with van der Waals surface area (Å²) in [5.74, 6) is -1.16. The molecule has 3 aromatic rings. The van der Waals surface area contributed by atoms with Gasteiger partial charge in [0.15, 0.2) is 11.6 Å². The molecule has 2 aromatic carbocycles. The number of nitrogens with zero attached hydrogens (tertiary/aromatic N) is 3. The first-order valence-corrected chi connectivity index (χ1v) is 10.9. The first-order valence-electron chi connectivity index (χ1n) is 10.9. The minimum absolute atomic E-state index is 0.207. The molecule has 1 saturated heterocycles. The van der Waals surface area contributed by atoms with Crippen molar-refractivity contribution < 1.29 is 13.6 Å². The van der Waals surface area contributed by atoms with Crippen LogP contribution in [0, 0.1) is 11.6 Å². The second-order valence-electron chi connectivity index (χ2n) is 7.99. The van der Waals surface area contributed by atoms with E-state index in [1.165, 1.54) is 18.2 Å². The Balaban J connectivity index is 1.34. The molecule has 0 radical (unpaired) electrons. The molecular formula is C26H26F2N4O. The van der Waals surface area contributed by atoms with E-state index in [9.17, 15) is 13.6 Å². The Kier molecular flexibility index (Phi) is 6.98. The molecule has 1 fully saturated rings. The number of piperazine rings is 1. The summed E-state index contributed by atoms with van der Waals surface area (Å²) >= 11 is 0. The lowest BCUT2D eigenvalue weighted by molar-refractivity contribution is -0.117. The van der Waals surface area contributed by atoms with Crippen molar-refractivity contribution in [3.05, 3.63) is 95.7 Å². The number of benzene rings is 2. The number of nitrogens with one attached hydrogen (secondary N) is 1. The zero-order valence-electron chi connectivity index (χ0n) is 18.4. The molecule has 170 valence electrons. The van der Waals surface area contributed by atoms with Gasteiger partial charge in [0.1, 0.15) is 5.82 Å². The van der Waals surface area contributed by atoms with Gasteiger partial charge < -0.3 is 15.1 Å². The topological polar surface area (TPSA) is 48.5 Å². The van der Waals surface area contributed by atoms with Crippen molar-refractivity contribution in [2.24, 2.45) is 0 Å². The highest BCUT2D eigenvalue weighted by Crippen LogP contribution is 2.23. The monoisotopic (exact) mass is 448 g/mol. The van der Waals surface area contributed by atoms with Crippen LogP contribution in [0.4, 0.5) is 20.3 Å². The van der Waals surface area contributed by atoms with Crippen LogP contribution in [0.25, 0.3) is 6.08 Å². The van der Waals surface area contributed by atoms with Crippen LogP contribution >= 0.6 is 0 Å². The minimum atomic E-state index is -0.941. The highest BCUT2D eigenvalue weighted by Gasteiger charge is 2.19. The lowest BCUT2D eigenvalue weighted by Crippen LogP contribution is -2.46. The highest BCUT2D eigenvalue weighted by atomic mass is 19.2. The van der Waals surface area contributed by atoms with Crippen LogP contribution in [0.3, 0.4) is 0 Å². The molecule has 1 aliphatic rings. The molecule has 33 heavy (non-hydrogen) atoms. The second-order valence-corrected chi connectivity index (χ2v) is 7.99. The Hall–Kier alpha value is -3.74. The lowest BCUT2D eigenvalue weighted by atomic mass is 10.1. The highest BCUT2D eigenvalue weighted by molar-refractivity contribution is 5.92. The van der Waals surface area contributed by atoms with E-state index < -0.39 is 11.6 Å². The summed E-state index contributed by atoms with van der Waals surface area (Å²) < 4.78 is 26.3. The van der Waals surface area contributed by atoms with Crippen molar-refractivity contribution in [2.45, 2.75) is 13.0 Å². The molecule has 0 aliphatic carbocycles. The molecule has 1 amide bonds. The molecule has 0 unspecified atom stereocenters. The van der Waals surface area contributed by atoms with Crippen molar-refractivity contribution >= 4 is 23.5 Å². The van der Waals surface area contributed by atoms with Gasteiger partial charge in [-0.3, -0.25) is 4.79 Å². The van der Waals surface area contributed by atoms with Crippen LogP contribution in [0.1, 0.15) is 24.1 Å². The van der Waals surface area contributed by atoms with Crippen molar-refractivity contribution in [3.8, 4) is 0 Å². The van der Waals surface area contributed by atoms with Gasteiger partial charge in [0.2, 0.25) is 5.91 Å². The van der Waals surface area contributed by atoms with Crippen LogP contribution in [-0.4, -0.2) is 37.1 Å². The maximum atomic E-state index is 13.3. The summed E-state index contributed by atoms with van der Waals surface area (Å²) in [4.78, 5) is 21.4. The Morgan fingerprint density at radius 2 is 1.76 bits per heavy atom. The SMILES string of the molecule is C[C@H](NC(=O)C=Cc1ccc(F)c(F)c1)c1cccc(N2CCN(c3ccccn3)CC2)c1. The normalized spacial score (nSPS) is 15.0. The zero-order valence-corrected chi connectivity index (χ0v) is 18.4. The van der Waals surface area contributed by atoms with Gasteiger partial charge in [-0.2, -0.15) is 0 Å². The third-order valence-corrected chi connectivity index (χ3v) is 5.72. The average molecular weight is 449 g/mol. The number of carbonyl (C=O) groups is 1. The number of anilines is 2. The molecule has 1 N–H and O–H groups in total. The van der Waals surface area contributed by atoms with Crippen molar-refractivity contribution in [2.75, 3.05) is 36.0 Å². The van der Waals surface area contributed by atoms with E-state index in [0.29, 0.717) is 5.56 Å². The summed E-state index contributed by atoms with van der Waals surface area (Å²) in [5, 5.41) is 2.92. The molecule has 1 aromatic heterocycles. The fourth-order valence-corrected chi connectivity index (χ4v) is 3.86. The fourth-order valence-electron chi connectivity index (χ4n) is 3.86. The van der Waals surface area contributed by atoms with Crippen LogP contribution < -0.4 is 15.1 Å². The summed E-state index contributed by atoms with van der Waals surface area (Å²) in [6.07, 6.45) is 4.60. The largest absolute Gasteiger partial charge is 0.368 e. The zero-order chi connectivity index (χ0) is 23.2. The fraction of sp³-hybridized carbons (Fsp3) is 0.231. The molecule has 0 spiro atoms. The van der Waals surface area contributed by atoms with E-state index in [1.807, 2.05) is 43.5 Å². The molecule has 0 bridgehead atoms. The van der Waals surface area contributed by atoms with Gasteiger partial charge in [-0.05, 0) is 60.5 Å². The molecule has 2 heterocycles. The number of rotatable bonds is 6. The number of amides is 1. The summed E-state index contributed by atoms with van der Waals surface area (Å²) in [5.41, 5.74) is 2.53. The predicted octanol–water partition coefficient (Wildman–Crippen LogP) is 4.58. The quantitative estimate of drug-likeness (QED) is 0.561. The summed E-state index contributed by atoms with van der Waals surface area (Å²) in [6, 6.07) is 17.4. The number of pyridine rings is 1. The Bertz CT molecular complexity index is 1130. The molecule has 1 atom stereocenters. The molecule has 5 nitrogen and oxygen atoms in total. The Morgan fingerprint density at radius 3 is 2.48 bits per heavy atom. The Labute approximate surface area is 192 Å². The number of carbonyl (C=O) groups excluding carboxylic acids is 1. The molecular weight excluding hydrogens is 422 g/mol. The molecule has 1 aliphatic heterocycles. The number of hydrogen-bond acceptors (Lipinski definition) is 4. The molecule has 0 saturated carbocycles.